The van der Waals surface area contributed by atoms with Crippen LogP contribution in [0.15, 0.2) is 15.3 Å². The van der Waals surface area contributed by atoms with Gasteiger partial charge >= 0.3 is 0 Å². The molecule has 0 atom stereocenters. The van der Waals surface area contributed by atoms with E-state index in [4.69, 9.17) is 19.4 Å². The molecule has 0 spiro atoms. The van der Waals surface area contributed by atoms with Crippen LogP contribution in [0.1, 0.15) is 11.5 Å². The summed E-state index contributed by atoms with van der Waals surface area (Å²) in [5.41, 5.74) is -0.610. The average molecular weight is 216 g/mol. The zero-order chi connectivity index (χ0) is 11.3. The molecule has 0 radical (unpaired) electrons. The molecule has 1 aromatic heterocycles. The largest absolute Gasteiger partial charge is 0.502 e. The van der Waals surface area contributed by atoms with Crippen LogP contribution in [0.25, 0.3) is 0 Å². The second kappa shape index (κ2) is 5.50. The number of aromatic hydroxyl groups is 1. The van der Waals surface area contributed by atoms with Crippen LogP contribution in [-0.4, -0.2) is 24.1 Å². The number of rotatable bonds is 5. The predicted octanol–water partition coefficient (Wildman–Crippen LogP) is -0.0418. The Kier molecular flexibility index (Phi) is 4.29. The molecule has 1 heterocycles. The summed E-state index contributed by atoms with van der Waals surface area (Å²) in [4.78, 5) is 11.1. The molecule has 1 rings (SSSR count). The van der Waals surface area contributed by atoms with Crippen LogP contribution in [-0.2, 0) is 22.7 Å². The van der Waals surface area contributed by atoms with Gasteiger partial charge in [-0.15, -0.1) is 0 Å². The van der Waals surface area contributed by atoms with Gasteiger partial charge in [0.15, 0.2) is 5.76 Å². The molecule has 0 unspecified atom stereocenters. The molecular formula is C9H12O6. The van der Waals surface area contributed by atoms with Gasteiger partial charge in [-0.1, -0.05) is 0 Å². The fourth-order valence-corrected chi connectivity index (χ4v) is 0.992. The van der Waals surface area contributed by atoms with Crippen LogP contribution < -0.4 is 5.43 Å². The van der Waals surface area contributed by atoms with E-state index < -0.39 is 17.8 Å². The van der Waals surface area contributed by atoms with Gasteiger partial charge in [0.25, 0.3) is 0 Å². The minimum Gasteiger partial charge on any atom is -0.502 e. The van der Waals surface area contributed by atoms with Gasteiger partial charge in [-0.2, -0.15) is 0 Å². The van der Waals surface area contributed by atoms with Gasteiger partial charge in [0.1, 0.15) is 25.8 Å². The topological polar surface area (TPSA) is 89.1 Å². The fraction of sp³-hybridized carbons (Fsp3) is 0.444. The minimum atomic E-state index is -0.610. The second-order valence-corrected chi connectivity index (χ2v) is 2.76. The van der Waals surface area contributed by atoms with Crippen LogP contribution in [0, 0.1) is 0 Å². The van der Waals surface area contributed by atoms with E-state index in [2.05, 4.69) is 4.74 Å². The molecule has 0 saturated carbocycles. The molecule has 0 fully saturated rings. The summed E-state index contributed by atoms with van der Waals surface area (Å²) < 4.78 is 14.6. The van der Waals surface area contributed by atoms with Crippen LogP contribution in [0.5, 0.6) is 5.75 Å². The third kappa shape index (κ3) is 3.05. The lowest BCUT2D eigenvalue weighted by Gasteiger charge is -2.04. The second-order valence-electron chi connectivity index (χ2n) is 2.76. The summed E-state index contributed by atoms with van der Waals surface area (Å²) in [6.45, 7) is -0.436. The van der Waals surface area contributed by atoms with Gasteiger partial charge in [-0.25, -0.2) is 0 Å². The van der Waals surface area contributed by atoms with E-state index in [1.54, 1.807) is 0 Å². The van der Waals surface area contributed by atoms with E-state index in [0.717, 1.165) is 6.07 Å². The maximum Gasteiger partial charge on any atom is 0.227 e. The van der Waals surface area contributed by atoms with E-state index in [9.17, 15) is 4.79 Å². The van der Waals surface area contributed by atoms with Crippen molar-refractivity contribution in [3.63, 3.8) is 0 Å². The molecule has 0 aromatic carbocycles. The highest BCUT2D eigenvalue weighted by Gasteiger charge is 2.09. The molecule has 0 aliphatic heterocycles. The number of hydrogen-bond donors (Lipinski definition) is 2. The Balaban J connectivity index is 2.82. The number of hydrogen-bond acceptors (Lipinski definition) is 6. The summed E-state index contributed by atoms with van der Waals surface area (Å²) in [5.74, 6) is -0.523. The summed E-state index contributed by atoms with van der Waals surface area (Å²) in [6, 6.07) is 1.10. The van der Waals surface area contributed by atoms with E-state index in [0.29, 0.717) is 0 Å². The van der Waals surface area contributed by atoms with Crippen LogP contribution in [0.3, 0.4) is 0 Å². The summed E-state index contributed by atoms with van der Waals surface area (Å²) in [7, 11) is 1.46. The predicted molar refractivity (Wildman–Crippen MR) is 49.2 cm³/mol. The highest BCUT2D eigenvalue weighted by molar-refractivity contribution is 5.24. The molecule has 0 aliphatic carbocycles. The first kappa shape index (κ1) is 11.7. The number of ether oxygens (including phenoxy) is 2. The molecule has 0 saturated heterocycles. The van der Waals surface area contributed by atoms with Crippen molar-refractivity contribution in [1.29, 1.82) is 0 Å². The van der Waals surface area contributed by atoms with Crippen LogP contribution >= 0.6 is 0 Å². The smallest absolute Gasteiger partial charge is 0.227 e. The van der Waals surface area contributed by atoms with Gasteiger partial charge in [0, 0.05) is 13.2 Å². The van der Waals surface area contributed by atoms with Gasteiger partial charge in [-0.05, 0) is 0 Å². The highest BCUT2D eigenvalue weighted by atomic mass is 16.7. The van der Waals surface area contributed by atoms with E-state index >= 15 is 0 Å². The zero-order valence-corrected chi connectivity index (χ0v) is 8.23. The standard InChI is InChI=1S/C9H12O6/c1-13-5-14-4-6-2-7(11)9(12)8(3-10)15-6/h2,10,12H,3-5H2,1H3. The monoisotopic (exact) mass is 216 g/mol. The molecule has 84 valence electrons. The Bertz CT molecular complexity index is 369. The molecule has 6 heteroatoms. The minimum absolute atomic E-state index is 0.0381. The van der Waals surface area contributed by atoms with Crippen LogP contribution in [0.4, 0.5) is 0 Å². The molecule has 0 aliphatic rings. The van der Waals surface area contributed by atoms with Crippen molar-refractivity contribution in [1.82, 2.24) is 0 Å². The Morgan fingerprint density at radius 2 is 2.27 bits per heavy atom. The molecule has 2 N–H and O–H groups in total. The van der Waals surface area contributed by atoms with Crippen molar-refractivity contribution in [2.45, 2.75) is 13.2 Å². The molecule has 6 nitrogen and oxygen atoms in total. The third-order valence-corrected chi connectivity index (χ3v) is 1.63. The van der Waals surface area contributed by atoms with Crippen molar-refractivity contribution >= 4 is 0 Å². The average Bonchev–Trinajstić information content (AvgIpc) is 2.23. The number of aliphatic hydroxyl groups excluding tert-OH is 1. The Labute approximate surface area is 85.7 Å². The summed E-state index contributed by atoms with van der Waals surface area (Å²) in [6.07, 6.45) is 0. The maximum absolute atomic E-state index is 11.1. The molecule has 0 bridgehead atoms. The normalized spacial score (nSPS) is 10.5. The number of methoxy groups -OCH3 is 1. The van der Waals surface area contributed by atoms with Crippen molar-refractivity contribution in [2.75, 3.05) is 13.9 Å². The van der Waals surface area contributed by atoms with E-state index in [1.165, 1.54) is 7.11 Å². The van der Waals surface area contributed by atoms with Gasteiger partial charge in [-0.3, -0.25) is 4.79 Å². The summed E-state index contributed by atoms with van der Waals surface area (Å²) >= 11 is 0. The first-order valence-electron chi connectivity index (χ1n) is 4.21. The lowest BCUT2D eigenvalue weighted by atomic mass is 10.3. The quantitative estimate of drug-likeness (QED) is 0.530. The molecule has 0 amide bonds. The van der Waals surface area contributed by atoms with Crippen molar-refractivity contribution < 1.29 is 24.1 Å². The van der Waals surface area contributed by atoms with Crippen molar-refractivity contribution in [3.8, 4) is 5.75 Å². The summed E-state index contributed by atoms with van der Waals surface area (Å²) in [5, 5.41) is 17.9. The van der Waals surface area contributed by atoms with Crippen molar-refractivity contribution in [3.05, 3.63) is 27.8 Å². The number of aliphatic hydroxyl groups is 1. The maximum atomic E-state index is 11.1. The zero-order valence-electron chi connectivity index (χ0n) is 8.23. The third-order valence-electron chi connectivity index (χ3n) is 1.63. The first-order valence-corrected chi connectivity index (χ1v) is 4.21. The molecular weight excluding hydrogens is 204 g/mol. The Morgan fingerprint density at radius 3 is 2.87 bits per heavy atom. The lowest BCUT2D eigenvalue weighted by Crippen LogP contribution is -2.06. The Morgan fingerprint density at radius 1 is 1.53 bits per heavy atom. The van der Waals surface area contributed by atoms with Gasteiger partial charge in [0.05, 0.1) is 0 Å². The Hall–Kier alpha value is -1.37. The highest BCUT2D eigenvalue weighted by Crippen LogP contribution is 2.13. The van der Waals surface area contributed by atoms with Gasteiger partial charge in [0.2, 0.25) is 11.2 Å². The van der Waals surface area contributed by atoms with E-state index in [1.807, 2.05) is 0 Å². The first-order chi connectivity index (χ1) is 7.19. The molecule has 1 aromatic rings. The van der Waals surface area contributed by atoms with Crippen LogP contribution in [0.2, 0.25) is 0 Å². The van der Waals surface area contributed by atoms with Gasteiger partial charge < -0.3 is 24.1 Å². The lowest BCUT2D eigenvalue weighted by molar-refractivity contribution is -0.0450. The van der Waals surface area contributed by atoms with E-state index in [-0.39, 0.29) is 24.9 Å². The molecule has 15 heavy (non-hydrogen) atoms. The fourth-order valence-electron chi connectivity index (χ4n) is 0.992. The van der Waals surface area contributed by atoms with Crippen molar-refractivity contribution in [2.24, 2.45) is 0 Å². The SMILES string of the molecule is COCOCc1cc(=O)c(O)c(CO)o1.